The van der Waals surface area contributed by atoms with Crippen molar-refractivity contribution < 1.29 is 32.9 Å². The van der Waals surface area contributed by atoms with Crippen LogP contribution >= 0.6 is 0 Å². The van der Waals surface area contributed by atoms with Gasteiger partial charge < -0.3 is 24.2 Å². The van der Waals surface area contributed by atoms with E-state index in [0.29, 0.717) is 36.3 Å². The molecule has 0 saturated carbocycles. The maximum atomic E-state index is 16.6. The first kappa shape index (κ1) is 26.2. The highest BCUT2D eigenvalue weighted by atomic mass is 19.1. The third-order valence-corrected chi connectivity index (χ3v) is 8.43. The summed E-state index contributed by atoms with van der Waals surface area (Å²) in [5, 5.41) is 11.0. The lowest BCUT2D eigenvalue weighted by atomic mass is 9.95. The summed E-state index contributed by atoms with van der Waals surface area (Å²) in [6.45, 7) is 2.15. The van der Waals surface area contributed by atoms with Crippen molar-refractivity contribution in [3.8, 4) is 35.2 Å². The Morgan fingerprint density at radius 3 is 2.83 bits per heavy atom. The third-order valence-electron chi connectivity index (χ3n) is 8.43. The number of anilines is 1. The number of benzene rings is 2. The Kier molecular flexibility index (Phi) is 6.02. The molecule has 2 aromatic carbocycles. The van der Waals surface area contributed by atoms with Crippen LogP contribution in [-0.4, -0.2) is 75.7 Å². The SMILES string of the molecule is C#Cc1c(F)ccc2cc(OCOC)cc(-c3nc4c5c(ncnc5c3F)N3CC5CCC(C3C(C)O4)N5C(=O)O)c12. The summed E-state index contributed by atoms with van der Waals surface area (Å²) < 4.78 is 48.6. The van der Waals surface area contributed by atoms with Gasteiger partial charge in [-0.1, -0.05) is 12.0 Å². The van der Waals surface area contributed by atoms with Crippen LogP contribution in [0.25, 0.3) is 32.9 Å². The average Bonchev–Trinajstić information content (AvgIpc) is 3.23. The van der Waals surface area contributed by atoms with Gasteiger partial charge >= 0.3 is 6.09 Å². The van der Waals surface area contributed by atoms with Crippen molar-refractivity contribution in [2.75, 3.05) is 25.3 Å². The maximum absolute atomic E-state index is 16.6. The second kappa shape index (κ2) is 9.66. The molecule has 0 radical (unpaired) electrons. The molecule has 3 aliphatic rings. The van der Waals surface area contributed by atoms with E-state index >= 15 is 4.39 Å². The number of terminal acetylenes is 1. The van der Waals surface area contributed by atoms with Crippen molar-refractivity contribution in [2.45, 2.75) is 44.0 Å². The predicted molar refractivity (Wildman–Crippen MR) is 149 cm³/mol. The van der Waals surface area contributed by atoms with E-state index in [1.165, 1.54) is 36.5 Å². The maximum Gasteiger partial charge on any atom is 0.407 e. The summed E-state index contributed by atoms with van der Waals surface area (Å²) in [6.07, 6.45) is 6.86. The molecular formula is C30H25F2N5O5. The number of aromatic nitrogens is 3. The topological polar surface area (TPSA) is 110 Å². The predicted octanol–water partition coefficient (Wildman–Crippen LogP) is 4.57. The molecule has 5 heterocycles. The van der Waals surface area contributed by atoms with E-state index in [-0.39, 0.29) is 63.9 Å². The van der Waals surface area contributed by atoms with Crippen molar-refractivity contribution >= 4 is 33.6 Å². The molecule has 12 heteroatoms. The van der Waals surface area contributed by atoms with Gasteiger partial charge in [0.25, 0.3) is 0 Å². The minimum absolute atomic E-state index is 0.0316. The summed E-state index contributed by atoms with van der Waals surface area (Å²) in [5.74, 6) is 1.84. The number of carboxylic acid groups (broad SMARTS) is 1. The van der Waals surface area contributed by atoms with Gasteiger partial charge in [-0.3, -0.25) is 4.90 Å². The molecule has 42 heavy (non-hydrogen) atoms. The monoisotopic (exact) mass is 573 g/mol. The highest BCUT2D eigenvalue weighted by molar-refractivity contribution is 6.04. The average molecular weight is 574 g/mol. The number of piperazine rings is 1. The number of carbonyl (C=O) groups is 1. The Hall–Kier alpha value is -4.76. The molecule has 0 aliphatic carbocycles. The van der Waals surface area contributed by atoms with E-state index < -0.39 is 23.8 Å². The molecule has 2 saturated heterocycles. The number of amides is 1. The van der Waals surface area contributed by atoms with E-state index in [9.17, 15) is 14.3 Å². The van der Waals surface area contributed by atoms with Crippen LogP contribution in [0.5, 0.6) is 11.6 Å². The number of nitrogens with zero attached hydrogens (tertiary/aromatic N) is 5. The Morgan fingerprint density at radius 1 is 1.24 bits per heavy atom. The van der Waals surface area contributed by atoms with Gasteiger partial charge in [0.15, 0.2) is 12.6 Å². The molecule has 2 bridgehead atoms. The Morgan fingerprint density at radius 2 is 2.07 bits per heavy atom. The molecule has 4 aromatic rings. The van der Waals surface area contributed by atoms with Crippen LogP contribution in [0.3, 0.4) is 0 Å². The second-order valence-corrected chi connectivity index (χ2v) is 10.6. The summed E-state index contributed by atoms with van der Waals surface area (Å²) in [7, 11) is 1.47. The fraction of sp³-hybridized carbons (Fsp3) is 0.333. The van der Waals surface area contributed by atoms with Crippen molar-refractivity contribution in [2.24, 2.45) is 0 Å². The van der Waals surface area contributed by atoms with Crippen molar-refractivity contribution in [3.05, 3.63) is 47.8 Å². The molecule has 214 valence electrons. The lowest BCUT2D eigenvalue weighted by molar-refractivity contribution is 0.0512. The first-order valence-corrected chi connectivity index (χ1v) is 13.5. The smallest absolute Gasteiger partial charge is 0.407 e. The lowest BCUT2D eigenvalue weighted by Crippen LogP contribution is -2.64. The first-order valence-electron chi connectivity index (χ1n) is 13.5. The zero-order chi connectivity index (χ0) is 29.3. The molecule has 7 rings (SSSR count). The minimum Gasteiger partial charge on any atom is -0.472 e. The van der Waals surface area contributed by atoms with Crippen LogP contribution in [0, 0.1) is 24.0 Å². The summed E-state index contributed by atoms with van der Waals surface area (Å²) >= 11 is 0. The molecule has 1 N–H and O–H groups in total. The Balaban J connectivity index is 1.47. The molecule has 1 amide bonds. The van der Waals surface area contributed by atoms with E-state index in [4.69, 9.17) is 20.6 Å². The fourth-order valence-electron chi connectivity index (χ4n) is 6.81. The van der Waals surface area contributed by atoms with Crippen molar-refractivity contribution in [1.82, 2.24) is 19.9 Å². The number of ether oxygens (including phenoxy) is 3. The molecule has 2 fully saturated rings. The number of methoxy groups -OCH3 is 1. The zero-order valence-corrected chi connectivity index (χ0v) is 22.7. The van der Waals surface area contributed by atoms with Gasteiger partial charge in [0.2, 0.25) is 5.88 Å². The van der Waals surface area contributed by atoms with Crippen LogP contribution in [0.15, 0.2) is 30.6 Å². The van der Waals surface area contributed by atoms with E-state index in [2.05, 4.69) is 20.9 Å². The minimum atomic E-state index is -0.977. The van der Waals surface area contributed by atoms with Crippen LogP contribution in [-0.2, 0) is 4.74 Å². The highest BCUT2D eigenvalue weighted by Crippen LogP contribution is 2.46. The van der Waals surface area contributed by atoms with Crippen LogP contribution in [0.1, 0.15) is 25.3 Å². The summed E-state index contributed by atoms with van der Waals surface area (Å²) in [5.41, 5.74) is -0.0440. The largest absolute Gasteiger partial charge is 0.472 e. The van der Waals surface area contributed by atoms with Crippen LogP contribution in [0.2, 0.25) is 0 Å². The van der Waals surface area contributed by atoms with Gasteiger partial charge in [0, 0.05) is 24.6 Å². The van der Waals surface area contributed by atoms with Crippen LogP contribution < -0.4 is 14.4 Å². The van der Waals surface area contributed by atoms with E-state index in [1.807, 2.05) is 11.8 Å². The first-order chi connectivity index (χ1) is 20.3. The fourth-order valence-corrected chi connectivity index (χ4v) is 6.81. The number of hydrogen-bond donors (Lipinski definition) is 1. The van der Waals surface area contributed by atoms with E-state index in [1.54, 1.807) is 6.07 Å². The molecule has 4 atom stereocenters. The zero-order valence-electron chi connectivity index (χ0n) is 22.7. The standard InChI is InChI=1S/C30H25F2N5O5/c1-4-18-20(31)7-5-15-9-17(41-13-40-3)10-19(22(15)18)25-24(32)26-23-28(34-12-33-26)36-11-16-6-8-21(37(16)30(38)39)27(36)14(2)42-29(23)35-25/h1,5,7,9-10,12,14,16,21,27H,6,8,11,13H2,2-3H3,(H,38,39). The second-order valence-electron chi connectivity index (χ2n) is 10.6. The number of fused-ring (bicyclic) bond motifs is 6. The van der Waals surface area contributed by atoms with Gasteiger partial charge in [-0.2, -0.15) is 0 Å². The molecule has 10 nitrogen and oxygen atoms in total. The number of pyridine rings is 1. The molecule has 0 spiro atoms. The molecular weight excluding hydrogens is 548 g/mol. The van der Waals surface area contributed by atoms with Crippen molar-refractivity contribution in [1.29, 1.82) is 0 Å². The van der Waals surface area contributed by atoms with Crippen LogP contribution in [0.4, 0.5) is 19.4 Å². The van der Waals surface area contributed by atoms with Gasteiger partial charge in [0.1, 0.15) is 46.4 Å². The normalized spacial score (nSPS) is 22.5. The molecule has 3 aliphatic heterocycles. The Labute approximate surface area is 238 Å². The summed E-state index contributed by atoms with van der Waals surface area (Å²) in [6, 6.07) is 5.02. The number of rotatable bonds is 4. The van der Waals surface area contributed by atoms with E-state index in [0.717, 1.165) is 0 Å². The molecule has 4 unspecified atom stereocenters. The number of hydrogen-bond acceptors (Lipinski definition) is 8. The van der Waals surface area contributed by atoms with Crippen molar-refractivity contribution in [3.63, 3.8) is 0 Å². The molecule has 2 aromatic heterocycles. The Bertz CT molecular complexity index is 1830. The lowest BCUT2D eigenvalue weighted by Gasteiger charge is -2.47. The third kappa shape index (κ3) is 3.73. The van der Waals surface area contributed by atoms with Gasteiger partial charge in [-0.25, -0.2) is 28.5 Å². The number of halogens is 2. The summed E-state index contributed by atoms with van der Waals surface area (Å²) in [4.78, 5) is 29.1. The quantitative estimate of drug-likeness (QED) is 0.277. The van der Waals surface area contributed by atoms with Gasteiger partial charge in [-0.05, 0) is 43.4 Å². The van der Waals surface area contributed by atoms with Gasteiger partial charge in [-0.15, -0.1) is 6.42 Å². The van der Waals surface area contributed by atoms with Gasteiger partial charge in [0.05, 0.1) is 23.7 Å². The highest BCUT2D eigenvalue weighted by Gasteiger charge is 2.53.